The van der Waals surface area contributed by atoms with Gasteiger partial charge in [0.1, 0.15) is 11.2 Å². The zero-order chi connectivity index (χ0) is 38.4. The Labute approximate surface area is 335 Å². The molecule has 0 fully saturated rings. The van der Waals surface area contributed by atoms with Crippen molar-refractivity contribution in [3.8, 4) is 45.3 Å². The van der Waals surface area contributed by atoms with E-state index in [0.29, 0.717) is 17.5 Å². The highest BCUT2D eigenvalue weighted by Gasteiger charge is 2.20. The second-order valence-corrected chi connectivity index (χ2v) is 14.4. The smallest absolute Gasteiger partial charge is 0.164 e. The number of anilines is 3. The molecule has 11 rings (SSSR count). The third kappa shape index (κ3) is 5.85. The Bertz CT molecular complexity index is 3250. The van der Waals surface area contributed by atoms with Gasteiger partial charge in [0, 0.05) is 56.2 Å². The average Bonchev–Trinajstić information content (AvgIpc) is 3.68. The average molecular weight is 743 g/mol. The number of para-hydroxylation sites is 3. The summed E-state index contributed by atoms with van der Waals surface area (Å²) in [5.41, 5.74) is 9.77. The number of hydrogen-bond donors (Lipinski definition) is 0. The highest BCUT2D eigenvalue weighted by atomic mass is 16.3. The first-order valence-corrected chi connectivity index (χ1v) is 19.4. The second kappa shape index (κ2) is 14.0. The predicted molar refractivity (Wildman–Crippen MR) is 239 cm³/mol. The van der Waals surface area contributed by atoms with Gasteiger partial charge in [0.2, 0.25) is 0 Å². The van der Waals surface area contributed by atoms with Crippen LogP contribution in [0.15, 0.2) is 211 Å². The minimum Gasteiger partial charge on any atom is -0.455 e. The first-order chi connectivity index (χ1) is 28.7. The van der Waals surface area contributed by atoms with Gasteiger partial charge in [-0.2, -0.15) is 0 Å². The van der Waals surface area contributed by atoms with E-state index >= 15 is 0 Å². The van der Waals surface area contributed by atoms with Crippen LogP contribution >= 0.6 is 0 Å². The normalized spacial score (nSPS) is 11.4. The SMILES string of the molecule is c1ccc(-c2nc(-c3ccc4ccccc4c3)nc(-c3ccc(-c4cccc5c4oc4cc(N(c6ccccc6)c6ccccc6)ccc45)c4ccccc34)n2)cc1. The zero-order valence-electron chi connectivity index (χ0n) is 31.3. The molecule has 0 unspecified atom stereocenters. The summed E-state index contributed by atoms with van der Waals surface area (Å²) in [5, 5.41) is 6.59. The quantitative estimate of drug-likeness (QED) is 0.163. The van der Waals surface area contributed by atoms with Crippen molar-refractivity contribution in [2.45, 2.75) is 0 Å². The zero-order valence-corrected chi connectivity index (χ0v) is 31.3. The van der Waals surface area contributed by atoms with E-state index in [1.54, 1.807) is 0 Å². The molecular weight excluding hydrogens is 709 g/mol. The highest BCUT2D eigenvalue weighted by Crippen LogP contribution is 2.43. The Balaban J connectivity index is 1.06. The molecule has 0 aliphatic carbocycles. The number of furan rings is 1. The molecule has 0 atom stereocenters. The van der Waals surface area contributed by atoms with E-state index in [9.17, 15) is 0 Å². The van der Waals surface area contributed by atoms with Crippen molar-refractivity contribution in [3.05, 3.63) is 206 Å². The van der Waals surface area contributed by atoms with Crippen LogP contribution in [0.2, 0.25) is 0 Å². The van der Waals surface area contributed by atoms with Gasteiger partial charge in [-0.3, -0.25) is 0 Å². The van der Waals surface area contributed by atoms with Crippen molar-refractivity contribution in [1.29, 1.82) is 0 Å². The molecule has 9 aromatic carbocycles. The van der Waals surface area contributed by atoms with E-state index in [0.717, 1.165) is 83.0 Å². The Hall–Kier alpha value is -7.89. The third-order valence-corrected chi connectivity index (χ3v) is 10.9. The summed E-state index contributed by atoms with van der Waals surface area (Å²) in [6.07, 6.45) is 0. The molecule has 2 aromatic heterocycles. The van der Waals surface area contributed by atoms with Crippen LogP contribution in [0.1, 0.15) is 0 Å². The molecule has 0 aliphatic rings. The van der Waals surface area contributed by atoms with Gasteiger partial charge >= 0.3 is 0 Å². The van der Waals surface area contributed by atoms with Crippen LogP contribution in [-0.2, 0) is 0 Å². The maximum Gasteiger partial charge on any atom is 0.164 e. The lowest BCUT2D eigenvalue weighted by atomic mass is 9.93. The summed E-state index contributed by atoms with van der Waals surface area (Å²) in [5.74, 6) is 1.88. The minimum atomic E-state index is 0.621. The minimum absolute atomic E-state index is 0.621. The third-order valence-electron chi connectivity index (χ3n) is 10.9. The van der Waals surface area contributed by atoms with Crippen LogP contribution in [-0.4, -0.2) is 15.0 Å². The topological polar surface area (TPSA) is 55.1 Å². The van der Waals surface area contributed by atoms with Crippen molar-refractivity contribution in [2.24, 2.45) is 0 Å². The lowest BCUT2D eigenvalue weighted by Crippen LogP contribution is -2.09. The molecule has 58 heavy (non-hydrogen) atoms. The lowest BCUT2D eigenvalue weighted by molar-refractivity contribution is 0.670. The summed E-state index contributed by atoms with van der Waals surface area (Å²) in [6, 6.07) is 71.5. The van der Waals surface area contributed by atoms with Crippen LogP contribution in [0.3, 0.4) is 0 Å². The number of fused-ring (bicyclic) bond motifs is 5. The van der Waals surface area contributed by atoms with Crippen LogP contribution < -0.4 is 4.90 Å². The molecular formula is C53H34N4O. The summed E-state index contributed by atoms with van der Waals surface area (Å²) in [4.78, 5) is 17.6. The van der Waals surface area contributed by atoms with Crippen LogP contribution in [0, 0.1) is 0 Å². The fourth-order valence-electron chi connectivity index (χ4n) is 8.14. The van der Waals surface area contributed by atoms with Crippen LogP contribution in [0.5, 0.6) is 0 Å². The fraction of sp³-hybridized carbons (Fsp3) is 0. The first kappa shape index (κ1) is 33.4. The summed E-state index contributed by atoms with van der Waals surface area (Å²) in [7, 11) is 0. The Morgan fingerprint density at radius 1 is 0.328 bits per heavy atom. The van der Waals surface area contributed by atoms with Gasteiger partial charge in [0.05, 0.1) is 0 Å². The maximum absolute atomic E-state index is 6.86. The van der Waals surface area contributed by atoms with E-state index in [1.807, 2.05) is 42.5 Å². The Morgan fingerprint density at radius 2 is 0.914 bits per heavy atom. The Morgan fingerprint density at radius 3 is 1.66 bits per heavy atom. The standard InChI is InChI=1S/C53H34N4O/c1-4-16-36(17-5-1)51-54-52(38-28-27-35-15-10-11-18-37(35)33-38)56-53(55-51)48-32-31-44(42-23-12-13-24-43(42)48)46-25-14-26-47-45-30-29-41(34-49(45)58-50(46)47)57(39-19-6-2-7-20-39)40-21-8-3-9-22-40/h1-34H. The molecule has 0 saturated carbocycles. The molecule has 0 saturated heterocycles. The molecule has 0 amide bonds. The highest BCUT2D eigenvalue weighted by molar-refractivity contribution is 6.14. The summed E-state index contributed by atoms with van der Waals surface area (Å²) in [6.45, 7) is 0. The van der Waals surface area contributed by atoms with E-state index in [2.05, 4.69) is 169 Å². The van der Waals surface area contributed by atoms with Gasteiger partial charge in [-0.15, -0.1) is 0 Å². The molecule has 0 radical (unpaired) electrons. The van der Waals surface area contributed by atoms with E-state index < -0.39 is 0 Å². The number of hydrogen-bond acceptors (Lipinski definition) is 5. The van der Waals surface area contributed by atoms with Crippen molar-refractivity contribution in [1.82, 2.24) is 15.0 Å². The Kier molecular flexibility index (Phi) is 8.07. The van der Waals surface area contributed by atoms with Gasteiger partial charge in [0.15, 0.2) is 17.5 Å². The van der Waals surface area contributed by atoms with Gasteiger partial charge < -0.3 is 9.32 Å². The molecule has 2 heterocycles. The van der Waals surface area contributed by atoms with Gasteiger partial charge in [-0.25, -0.2) is 15.0 Å². The summed E-state index contributed by atoms with van der Waals surface area (Å²) >= 11 is 0. The van der Waals surface area contributed by atoms with Crippen molar-refractivity contribution in [3.63, 3.8) is 0 Å². The molecule has 0 bridgehead atoms. The molecule has 0 aliphatic heterocycles. The molecule has 5 heteroatoms. The van der Waals surface area contributed by atoms with Crippen LogP contribution in [0.4, 0.5) is 17.1 Å². The van der Waals surface area contributed by atoms with E-state index in [1.165, 1.54) is 5.39 Å². The number of aromatic nitrogens is 3. The van der Waals surface area contributed by atoms with Crippen molar-refractivity contribution in [2.75, 3.05) is 4.90 Å². The van der Waals surface area contributed by atoms with Crippen LogP contribution in [0.25, 0.3) is 88.8 Å². The fourth-order valence-corrected chi connectivity index (χ4v) is 8.14. The molecule has 272 valence electrons. The lowest BCUT2D eigenvalue weighted by Gasteiger charge is -2.25. The molecule has 0 spiro atoms. The monoisotopic (exact) mass is 742 g/mol. The molecule has 5 nitrogen and oxygen atoms in total. The van der Waals surface area contributed by atoms with E-state index in [-0.39, 0.29) is 0 Å². The largest absolute Gasteiger partial charge is 0.455 e. The predicted octanol–water partition coefficient (Wildman–Crippen LogP) is 14.2. The first-order valence-electron chi connectivity index (χ1n) is 19.4. The number of benzene rings is 9. The van der Waals surface area contributed by atoms with E-state index in [4.69, 9.17) is 19.4 Å². The van der Waals surface area contributed by atoms with Crippen molar-refractivity contribution < 1.29 is 4.42 Å². The molecule has 0 N–H and O–H groups in total. The number of rotatable bonds is 7. The van der Waals surface area contributed by atoms with Crippen molar-refractivity contribution >= 4 is 60.5 Å². The molecule has 11 aromatic rings. The maximum atomic E-state index is 6.86. The number of nitrogens with zero attached hydrogens (tertiary/aromatic N) is 4. The van der Waals surface area contributed by atoms with Gasteiger partial charge in [0.25, 0.3) is 0 Å². The second-order valence-electron chi connectivity index (χ2n) is 14.4. The summed E-state index contributed by atoms with van der Waals surface area (Å²) < 4.78 is 6.86. The van der Waals surface area contributed by atoms with Gasteiger partial charge in [-0.05, 0) is 75.6 Å². The van der Waals surface area contributed by atoms with Gasteiger partial charge in [-0.1, -0.05) is 152 Å².